The quantitative estimate of drug-likeness (QED) is 0.171. The number of nitrogens with zero attached hydrogens (tertiary/aromatic N) is 10. The lowest BCUT2D eigenvalue weighted by molar-refractivity contribution is -0.255. The van der Waals surface area contributed by atoms with Crippen molar-refractivity contribution in [2.24, 2.45) is 21.3 Å². The van der Waals surface area contributed by atoms with E-state index in [4.69, 9.17) is 19.7 Å². The smallest absolute Gasteiger partial charge is 0.410 e. The van der Waals surface area contributed by atoms with Crippen LogP contribution in [0.3, 0.4) is 0 Å². The average molecular weight is 605 g/mol. The zero-order valence-electron chi connectivity index (χ0n) is 24.6. The normalized spacial score (nSPS) is 28.7. The van der Waals surface area contributed by atoms with Crippen LogP contribution in [0.25, 0.3) is 31.3 Å². The summed E-state index contributed by atoms with van der Waals surface area (Å²) < 4.78 is 18.3. The van der Waals surface area contributed by atoms with Gasteiger partial charge < -0.3 is 19.3 Å². The second-order valence-corrected chi connectivity index (χ2v) is 11.0. The molecule has 2 aliphatic rings. The van der Waals surface area contributed by atoms with Crippen LogP contribution in [0.5, 0.6) is 0 Å². The van der Waals surface area contributed by atoms with Gasteiger partial charge in [-0.1, -0.05) is 82.9 Å². The molecule has 2 fully saturated rings. The molecule has 0 spiro atoms. The van der Waals surface area contributed by atoms with Crippen LogP contribution in [0, 0.1) is 5.92 Å². The van der Waals surface area contributed by atoms with E-state index >= 15 is 0 Å². The fourth-order valence-electron chi connectivity index (χ4n) is 5.69. The number of azide groups is 3. The van der Waals surface area contributed by atoms with Gasteiger partial charge in [0.15, 0.2) is 6.29 Å². The highest BCUT2D eigenvalue weighted by molar-refractivity contribution is 5.68. The molecule has 2 aromatic rings. The Morgan fingerprint density at radius 1 is 0.955 bits per heavy atom. The fourth-order valence-corrected chi connectivity index (χ4v) is 5.69. The van der Waals surface area contributed by atoms with E-state index in [0.717, 1.165) is 11.1 Å². The van der Waals surface area contributed by atoms with Gasteiger partial charge in [0.1, 0.15) is 6.61 Å². The molecule has 44 heavy (non-hydrogen) atoms. The summed E-state index contributed by atoms with van der Waals surface area (Å²) in [6.45, 7) is 3.93. The van der Waals surface area contributed by atoms with Crippen molar-refractivity contribution in [1.29, 1.82) is 0 Å². The fraction of sp³-hybridized carbons (Fsp3) is 0.552. The molecule has 1 N–H and O–H groups in total. The summed E-state index contributed by atoms with van der Waals surface area (Å²) in [5.74, 6) is -0.502. The minimum Gasteiger partial charge on any atom is -0.445 e. The molecule has 1 heterocycles. The Balaban J connectivity index is 1.55. The number of hydrogen-bond donors (Lipinski definition) is 1. The number of amides is 1. The van der Waals surface area contributed by atoms with E-state index in [1.165, 1.54) is 0 Å². The molecule has 0 bridgehead atoms. The SMILES string of the molecule is C[C@@H]1[C@@H](O)[C@H](O[C@H]2O[C@H]([C@@H](C)N(Cc3ccccc3)C(=O)OCc3ccccc3)CC[C@H]2N=[N+]=[N-])[C@@H](N=[N+]=[N-])C[C@H]1N=[N+]=[N-]. The van der Waals surface area contributed by atoms with E-state index in [9.17, 15) is 21.0 Å². The predicted octanol–water partition coefficient (Wildman–Crippen LogP) is 6.54. The van der Waals surface area contributed by atoms with Gasteiger partial charge >= 0.3 is 6.09 Å². The van der Waals surface area contributed by atoms with Crippen molar-refractivity contribution in [2.75, 3.05) is 0 Å². The summed E-state index contributed by atoms with van der Waals surface area (Å²) in [5, 5.41) is 22.5. The van der Waals surface area contributed by atoms with Crippen LogP contribution in [0.4, 0.5) is 4.79 Å². The maximum atomic E-state index is 13.5. The number of rotatable bonds is 11. The minimum atomic E-state index is -1.16. The van der Waals surface area contributed by atoms with Crippen molar-refractivity contribution >= 4 is 6.09 Å². The number of ether oxygens (including phenoxy) is 3. The summed E-state index contributed by atoms with van der Waals surface area (Å²) in [6.07, 6.45) is -3.36. The molecule has 1 aliphatic carbocycles. The lowest BCUT2D eigenvalue weighted by Crippen LogP contribution is -2.56. The second-order valence-electron chi connectivity index (χ2n) is 11.0. The summed E-state index contributed by atoms with van der Waals surface area (Å²) in [4.78, 5) is 23.8. The predicted molar refractivity (Wildman–Crippen MR) is 159 cm³/mol. The maximum Gasteiger partial charge on any atom is 0.410 e. The minimum absolute atomic E-state index is 0.100. The highest BCUT2D eigenvalue weighted by Crippen LogP contribution is 2.35. The zero-order chi connectivity index (χ0) is 31.5. The third kappa shape index (κ3) is 8.12. The topological polar surface area (TPSA) is 215 Å². The first-order valence-corrected chi connectivity index (χ1v) is 14.5. The Bertz CT molecular complexity index is 1380. The van der Waals surface area contributed by atoms with E-state index in [1.54, 1.807) is 11.8 Å². The second kappa shape index (κ2) is 15.8. The highest BCUT2D eigenvalue weighted by atomic mass is 16.7. The molecule has 15 heteroatoms. The van der Waals surface area contributed by atoms with Crippen LogP contribution in [0.2, 0.25) is 0 Å². The monoisotopic (exact) mass is 604 g/mol. The van der Waals surface area contributed by atoms with Crippen LogP contribution < -0.4 is 0 Å². The zero-order valence-corrected chi connectivity index (χ0v) is 24.6. The van der Waals surface area contributed by atoms with Gasteiger partial charge in [0.05, 0.1) is 36.4 Å². The number of hydrogen-bond acceptors (Lipinski definition) is 8. The maximum absolute atomic E-state index is 13.5. The average Bonchev–Trinajstić information content (AvgIpc) is 3.04. The van der Waals surface area contributed by atoms with Crippen molar-refractivity contribution < 1.29 is 24.1 Å². The van der Waals surface area contributed by atoms with Crippen LogP contribution in [-0.2, 0) is 27.4 Å². The molecule has 9 atom stereocenters. The van der Waals surface area contributed by atoms with Crippen LogP contribution in [-0.4, -0.2) is 64.9 Å². The Kier molecular flexibility index (Phi) is 11.7. The number of aliphatic hydroxyl groups is 1. The molecule has 0 aromatic heterocycles. The van der Waals surface area contributed by atoms with Crippen LogP contribution in [0.15, 0.2) is 76.0 Å². The van der Waals surface area contributed by atoms with Gasteiger partial charge in [0, 0.05) is 27.3 Å². The molecule has 2 aromatic carbocycles. The summed E-state index contributed by atoms with van der Waals surface area (Å²) in [6, 6.07) is 16.2. The molecule has 1 aliphatic heterocycles. The van der Waals surface area contributed by atoms with Crippen LogP contribution >= 0.6 is 0 Å². The van der Waals surface area contributed by atoms with Crippen LogP contribution in [0.1, 0.15) is 44.2 Å². The molecule has 0 unspecified atom stereocenters. The molecule has 232 valence electrons. The molecule has 0 radical (unpaired) electrons. The first-order chi connectivity index (χ1) is 21.4. The standard InChI is InChI=1S/C29H36N10O5/c1-18-23(34-37-31)15-24(35-38-32)27(26(18)40)44-28-22(33-36-30)13-14-25(43-28)19(2)39(16-20-9-5-3-6-10-20)29(41)42-17-21-11-7-4-8-12-21/h3-12,18-19,22-28,40H,13-17H2,1-2H3/t18-,19+,22+,23+,24-,25-,26+,27+,28+/m0/s1. The summed E-state index contributed by atoms with van der Waals surface area (Å²) >= 11 is 0. The summed E-state index contributed by atoms with van der Waals surface area (Å²) in [5.41, 5.74) is 29.1. The molecule has 4 rings (SSSR count). The Morgan fingerprint density at radius 3 is 2.18 bits per heavy atom. The number of carbonyl (C=O) groups is 1. The van der Waals surface area contributed by atoms with E-state index in [-0.39, 0.29) is 19.6 Å². The van der Waals surface area contributed by atoms with Gasteiger partial charge in [-0.05, 0) is 59.8 Å². The van der Waals surface area contributed by atoms with Crippen molar-refractivity contribution in [3.63, 3.8) is 0 Å². The first kappa shape index (κ1) is 32.4. The van der Waals surface area contributed by atoms with Gasteiger partial charge in [-0.3, -0.25) is 4.90 Å². The lowest BCUT2D eigenvalue weighted by atomic mass is 9.79. The Morgan fingerprint density at radius 2 is 1.55 bits per heavy atom. The molecule has 1 saturated heterocycles. The van der Waals surface area contributed by atoms with E-state index in [0.29, 0.717) is 12.8 Å². The van der Waals surface area contributed by atoms with Gasteiger partial charge in [0.2, 0.25) is 0 Å². The highest BCUT2D eigenvalue weighted by Gasteiger charge is 2.46. The van der Waals surface area contributed by atoms with Gasteiger partial charge in [-0.2, -0.15) is 0 Å². The first-order valence-electron chi connectivity index (χ1n) is 14.5. The third-order valence-corrected chi connectivity index (χ3v) is 8.27. The van der Waals surface area contributed by atoms with Gasteiger partial charge in [-0.15, -0.1) is 0 Å². The van der Waals surface area contributed by atoms with Crippen molar-refractivity contribution in [1.82, 2.24) is 4.90 Å². The van der Waals surface area contributed by atoms with Crippen molar-refractivity contribution in [3.8, 4) is 0 Å². The molecule has 1 saturated carbocycles. The third-order valence-electron chi connectivity index (χ3n) is 8.27. The molecule has 1 amide bonds. The number of benzene rings is 2. The molecular weight excluding hydrogens is 568 g/mol. The van der Waals surface area contributed by atoms with E-state index < -0.39 is 60.8 Å². The van der Waals surface area contributed by atoms with E-state index in [2.05, 4.69) is 30.1 Å². The number of aliphatic hydroxyl groups excluding tert-OH is 1. The van der Waals surface area contributed by atoms with Gasteiger partial charge in [0.25, 0.3) is 0 Å². The van der Waals surface area contributed by atoms with Crippen molar-refractivity contribution in [3.05, 3.63) is 103 Å². The Labute approximate surface area is 254 Å². The van der Waals surface area contributed by atoms with E-state index in [1.807, 2.05) is 67.6 Å². The largest absolute Gasteiger partial charge is 0.445 e. The summed E-state index contributed by atoms with van der Waals surface area (Å²) in [7, 11) is 0. The Hall–Kier alpha value is -4.48. The molecule has 15 nitrogen and oxygen atoms in total. The lowest BCUT2D eigenvalue weighted by Gasteiger charge is -2.45. The van der Waals surface area contributed by atoms with Gasteiger partial charge in [-0.25, -0.2) is 4.79 Å². The number of carbonyl (C=O) groups excluding carboxylic acids is 1. The van der Waals surface area contributed by atoms with Crippen molar-refractivity contribution in [2.45, 2.75) is 95.0 Å². The molecular formula is C29H36N10O5.